The van der Waals surface area contributed by atoms with E-state index in [2.05, 4.69) is 14.8 Å². The minimum absolute atomic E-state index is 0.275. The molecule has 0 amide bonds. The van der Waals surface area contributed by atoms with Crippen LogP contribution in [0, 0.1) is 5.82 Å². The first-order chi connectivity index (χ1) is 12.1. The van der Waals surface area contributed by atoms with Gasteiger partial charge < -0.3 is 10.0 Å². The van der Waals surface area contributed by atoms with Crippen LogP contribution in [0.15, 0.2) is 30.3 Å². The van der Waals surface area contributed by atoms with E-state index in [1.165, 1.54) is 18.9 Å². The normalized spacial score (nSPS) is 25.7. The summed E-state index contributed by atoms with van der Waals surface area (Å²) in [5.41, 5.74) is 0.664. The van der Waals surface area contributed by atoms with Gasteiger partial charge in [0.2, 0.25) is 0 Å². The number of halogens is 1. The van der Waals surface area contributed by atoms with E-state index < -0.39 is 5.60 Å². The first-order valence-corrected chi connectivity index (χ1v) is 9.33. The van der Waals surface area contributed by atoms with Gasteiger partial charge in [-0.3, -0.25) is 4.90 Å². The van der Waals surface area contributed by atoms with Crippen molar-refractivity contribution in [2.75, 3.05) is 32.7 Å². The van der Waals surface area contributed by atoms with Gasteiger partial charge in [-0.15, -0.1) is 0 Å². The Labute approximate surface area is 148 Å². The van der Waals surface area contributed by atoms with Gasteiger partial charge in [-0.1, -0.05) is 18.2 Å². The average molecular weight is 343 g/mol. The van der Waals surface area contributed by atoms with Crippen molar-refractivity contribution >= 4 is 10.9 Å². The summed E-state index contributed by atoms with van der Waals surface area (Å²) in [5, 5.41) is 11.9. The summed E-state index contributed by atoms with van der Waals surface area (Å²) in [7, 11) is 0. The molecule has 2 fully saturated rings. The molecule has 0 saturated carbocycles. The Balaban J connectivity index is 1.45. The third kappa shape index (κ3) is 3.84. The molecule has 2 saturated heterocycles. The van der Waals surface area contributed by atoms with E-state index in [4.69, 9.17) is 0 Å². The Morgan fingerprint density at radius 1 is 1.04 bits per heavy atom. The van der Waals surface area contributed by atoms with E-state index >= 15 is 0 Å². The van der Waals surface area contributed by atoms with E-state index in [1.807, 2.05) is 18.2 Å². The van der Waals surface area contributed by atoms with Gasteiger partial charge in [0.15, 0.2) is 0 Å². The highest BCUT2D eigenvalue weighted by atomic mass is 19.1. The van der Waals surface area contributed by atoms with Crippen LogP contribution in [-0.4, -0.2) is 58.2 Å². The molecule has 1 aromatic carbocycles. The van der Waals surface area contributed by atoms with Gasteiger partial charge in [-0.2, -0.15) is 0 Å². The second kappa shape index (κ2) is 6.98. The maximum Gasteiger partial charge on any atom is 0.149 e. The molecule has 4 rings (SSSR count). The lowest BCUT2D eigenvalue weighted by Crippen LogP contribution is -2.53. The van der Waals surface area contributed by atoms with Gasteiger partial charge in [-0.05, 0) is 57.5 Å². The van der Waals surface area contributed by atoms with Gasteiger partial charge >= 0.3 is 0 Å². The molecule has 4 nitrogen and oxygen atoms in total. The summed E-state index contributed by atoms with van der Waals surface area (Å²) in [6.45, 7) is 5.26. The molecule has 0 unspecified atom stereocenters. The largest absolute Gasteiger partial charge is 0.387 e. The van der Waals surface area contributed by atoms with E-state index in [-0.39, 0.29) is 5.82 Å². The molecule has 2 aliphatic heterocycles. The van der Waals surface area contributed by atoms with Gasteiger partial charge in [0.25, 0.3) is 0 Å². The molecular weight excluding hydrogens is 317 g/mol. The van der Waals surface area contributed by atoms with Crippen molar-refractivity contribution in [3.63, 3.8) is 0 Å². The van der Waals surface area contributed by atoms with Crippen LogP contribution in [0.25, 0.3) is 10.9 Å². The standard InChI is InChI=1S/C20H26FN3O/c21-18-6-3-5-16-7-8-17(22-19(16)18)13-24-12-4-9-20(25,15-24)14-23-10-1-2-11-23/h3,5-8,25H,1-2,4,9-15H2/t20-/m0/s1. The summed E-state index contributed by atoms with van der Waals surface area (Å²) in [4.78, 5) is 9.15. The fraction of sp³-hybridized carbons (Fsp3) is 0.550. The predicted octanol–water partition coefficient (Wildman–Crippen LogP) is 2.80. The van der Waals surface area contributed by atoms with Gasteiger partial charge in [0.05, 0.1) is 11.3 Å². The number of para-hydroxylation sites is 1. The van der Waals surface area contributed by atoms with Crippen LogP contribution in [0.5, 0.6) is 0 Å². The van der Waals surface area contributed by atoms with Crippen molar-refractivity contribution in [1.82, 2.24) is 14.8 Å². The third-order valence-electron chi connectivity index (χ3n) is 5.47. The number of pyridine rings is 1. The lowest BCUT2D eigenvalue weighted by Gasteiger charge is -2.41. The van der Waals surface area contributed by atoms with Crippen LogP contribution < -0.4 is 0 Å². The zero-order valence-corrected chi connectivity index (χ0v) is 14.6. The van der Waals surface area contributed by atoms with Gasteiger partial charge in [-0.25, -0.2) is 9.37 Å². The average Bonchev–Trinajstić information content (AvgIpc) is 3.08. The highest BCUT2D eigenvalue weighted by molar-refractivity contribution is 5.79. The highest BCUT2D eigenvalue weighted by Gasteiger charge is 2.35. The Kier molecular flexibility index (Phi) is 4.71. The number of benzene rings is 1. The minimum atomic E-state index is -0.634. The maximum absolute atomic E-state index is 14.0. The zero-order valence-electron chi connectivity index (χ0n) is 14.6. The van der Waals surface area contributed by atoms with Crippen molar-refractivity contribution in [3.05, 3.63) is 41.8 Å². The molecule has 2 aliphatic rings. The molecule has 0 aliphatic carbocycles. The fourth-order valence-electron chi connectivity index (χ4n) is 4.30. The summed E-state index contributed by atoms with van der Waals surface area (Å²) in [6, 6.07) is 8.94. The Morgan fingerprint density at radius 3 is 2.68 bits per heavy atom. The highest BCUT2D eigenvalue weighted by Crippen LogP contribution is 2.25. The summed E-state index contributed by atoms with van der Waals surface area (Å²) in [5.74, 6) is -0.275. The van der Waals surface area contributed by atoms with Crippen molar-refractivity contribution in [2.45, 2.75) is 37.8 Å². The molecular formula is C20H26FN3O. The van der Waals surface area contributed by atoms with Crippen molar-refractivity contribution in [2.24, 2.45) is 0 Å². The minimum Gasteiger partial charge on any atom is -0.387 e. The number of aromatic nitrogens is 1. The summed E-state index contributed by atoms with van der Waals surface area (Å²) in [6.07, 6.45) is 4.34. The van der Waals surface area contributed by atoms with Crippen LogP contribution in [-0.2, 0) is 6.54 Å². The zero-order chi connectivity index (χ0) is 17.3. The third-order valence-corrected chi connectivity index (χ3v) is 5.47. The smallest absolute Gasteiger partial charge is 0.149 e. The first kappa shape index (κ1) is 16.9. The van der Waals surface area contributed by atoms with E-state index in [9.17, 15) is 9.50 Å². The molecule has 2 aromatic rings. The van der Waals surface area contributed by atoms with Crippen molar-refractivity contribution in [3.8, 4) is 0 Å². The second-order valence-electron chi connectivity index (χ2n) is 7.64. The number of nitrogens with zero attached hydrogens (tertiary/aromatic N) is 3. The lowest BCUT2D eigenvalue weighted by molar-refractivity contribution is -0.0521. The monoisotopic (exact) mass is 343 g/mol. The van der Waals surface area contributed by atoms with Gasteiger partial charge in [0.1, 0.15) is 11.3 Å². The van der Waals surface area contributed by atoms with E-state index in [1.54, 1.807) is 6.07 Å². The Hall–Kier alpha value is -1.56. The number of hydrogen-bond acceptors (Lipinski definition) is 4. The number of hydrogen-bond donors (Lipinski definition) is 1. The number of piperidine rings is 1. The Bertz CT molecular complexity index is 747. The summed E-state index contributed by atoms with van der Waals surface area (Å²) < 4.78 is 14.0. The number of β-amino-alcohol motifs (C(OH)–C–C–N with tert-alkyl or cyclic N) is 1. The quantitative estimate of drug-likeness (QED) is 0.927. The first-order valence-electron chi connectivity index (χ1n) is 9.33. The number of fused-ring (bicyclic) bond motifs is 1. The molecule has 0 bridgehead atoms. The molecule has 1 N–H and O–H groups in total. The molecule has 0 spiro atoms. The van der Waals surface area contributed by atoms with Crippen LogP contribution in [0.2, 0.25) is 0 Å². The van der Waals surface area contributed by atoms with Gasteiger partial charge in [0, 0.05) is 25.0 Å². The van der Waals surface area contributed by atoms with Crippen LogP contribution in [0.1, 0.15) is 31.4 Å². The number of likely N-dealkylation sites (tertiary alicyclic amines) is 2. The molecule has 3 heterocycles. The van der Waals surface area contributed by atoms with Crippen molar-refractivity contribution < 1.29 is 9.50 Å². The maximum atomic E-state index is 14.0. The topological polar surface area (TPSA) is 39.6 Å². The van der Waals surface area contributed by atoms with Crippen LogP contribution >= 0.6 is 0 Å². The molecule has 1 atom stereocenters. The molecule has 25 heavy (non-hydrogen) atoms. The molecule has 0 radical (unpaired) electrons. The van der Waals surface area contributed by atoms with E-state index in [0.29, 0.717) is 18.6 Å². The lowest BCUT2D eigenvalue weighted by atomic mass is 9.92. The van der Waals surface area contributed by atoms with E-state index in [0.717, 1.165) is 50.1 Å². The second-order valence-corrected chi connectivity index (χ2v) is 7.64. The SMILES string of the molecule is O[C@]1(CN2CCCC2)CCCN(Cc2ccc3cccc(F)c3n2)C1. The number of rotatable bonds is 4. The fourth-order valence-corrected chi connectivity index (χ4v) is 4.30. The number of aliphatic hydroxyl groups is 1. The Morgan fingerprint density at radius 2 is 1.84 bits per heavy atom. The van der Waals surface area contributed by atoms with Crippen LogP contribution in [0.4, 0.5) is 4.39 Å². The predicted molar refractivity (Wildman–Crippen MR) is 96.8 cm³/mol. The molecule has 5 heteroatoms. The molecule has 134 valence electrons. The molecule has 1 aromatic heterocycles. The van der Waals surface area contributed by atoms with Crippen LogP contribution in [0.3, 0.4) is 0 Å². The van der Waals surface area contributed by atoms with Crippen molar-refractivity contribution in [1.29, 1.82) is 0 Å². The summed E-state index contributed by atoms with van der Waals surface area (Å²) >= 11 is 0.